The molecule has 2 aromatic rings. The van der Waals surface area contributed by atoms with Crippen molar-refractivity contribution < 1.29 is 28.5 Å². The summed E-state index contributed by atoms with van der Waals surface area (Å²) >= 11 is 0. The molecule has 1 aliphatic heterocycles. The first-order valence-corrected chi connectivity index (χ1v) is 15.2. The molecule has 4 rings (SSSR count). The summed E-state index contributed by atoms with van der Waals surface area (Å²) in [5, 5.41) is 2.94. The van der Waals surface area contributed by atoms with Crippen LogP contribution in [0.3, 0.4) is 0 Å². The average Bonchev–Trinajstić information content (AvgIpc) is 3.79. The van der Waals surface area contributed by atoms with E-state index in [-0.39, 0.29) is 11.8 Å². The smallest absolute Gasteiger partial charge is 0.227 e. The zero-order valence-electron chi connectivity index (χ0n) is 24.6. The summed E-state index contributed by atoms with van der Waals surface area (Å²) in [5.41, 5.74) is 12.8. The minimum Gasteiger partial charge on any atom is -0.379 e. The number of hydrogen-bond donors (Lipinski definition) is 2. The van der Waals surface area contributed by atoms with Crippen LogP contribution in [-0.2, 0) is 35.1 Å². The first kappa shape index (κ1) is 31.8. The zero-order chi connectivity index (χ0) is 29.4. The third-order valence-corrected chi connectivity index (χ3v) is 7.33. The molecule has 0 unspecified atom stereocenters. The number of fused-ring (bicyclic) bond motifs is 4. The Morgan fingerprint density at radius 3 is 2.07 bits per heavy atom. The highest BCUT2D eigenvalue weighted by atomic mass is 16.6. The fourth-order valence-corrected chi connectivity index (χ4v) is 5.08. The van der Waals surface area contributed by atoms with Crippen molar-refractivity contribution in [2.45, 2.75) is 45.1 Å². The van der Waals surface area contributed by atoms with E-state index in [1.54, 1.807) is 0 Å². The number of para-hydroxylation sites is 1. The van der Waals surface area contributed by atoms with Crippen LogP contribution in [0, 0.1) is 0 Å². The largest absolute Gasteiger partial charge is 0.379 e. The highest BCUT2D eigenvalue weighted by Crippen LogP contribution is 2.52. The maximum atomic E-state index is 13.4. The van der Waals surface area contributed by atoms with E-state index in [0.29, 0.717) is 85.3 Å². The van der Waals surface area contributed by atoms with Crippen molar-refractivity contribution in [1.29, 1.82) is 0 Å². The summed E-state index contributed by atoms with van der Waals surface area (Å²) in [5.74, 6) is 0.120. The molecular formula is C33H45N3O6. The van der Waals surface area contributed by atoms with Gasteiger partial charge in [0, 0.05) is 31.5 Å². The van der Waals surface area contributed by atoms with E-state index in [4.69, 9.17) is 24.7 Å². The monoisotopic (exact) mass is 579 g/mol. The van der Waals surface area contributed by atoms with Gasteiger partial charge < -0.3 is 34.9 Å². The number of hydrogen-bond acceptors (Lipinski definition) is 7. The summed E-state index contributed by atoms with van der Waals surface area (Å²) in [6.45, 7) is 5.56. The Hall–Kier alpha value is -3.08. The highest BCUT2D eigenvalue weighted by Gasteiger charge is 2.32. The summed E-state index contributed by atoms with van der Waals surface area (Å²) in [7, 11) is 0. The van der Waals surface area contributed by atoms with Gasteiger partial charge in [-0.2, -0.15) is 0 Å². The summed E-state index contributed by atoms with van der Waals surface area (Å²) in [4.78, 5) is 27.4. The molecule has 2 amide bonds. The number of anilines is 1. The van der Waals surface area contributed by atoms with E-state index in [0.717, 1.165) is 31.4 Å². The van der Waals surface area contributed by atoms with Crippen molar-refractivity contribution in [2.24, 2.45) is 5.73 Å². The highest BCUT2D eigenvalue weighted by molar-refractivity contribution is 6.12. The molecule has 42 heavy (non-hydrogen) atoms. The van der Waals surface area contributed by atoms with Crippen LogP contribution in [0.1, 0.15) is 55.2 Å². The van der Waals surface area contributed by atoms with Crippen molar-refractivity contribution in [3.63, 3.8) is 0 Å². The molecule has 9 heteroatoms. The van der Waals surface area contributed by atoms with Crippen LogP contribution in [0.15, 0.2) is 48.5 Å². The van der Waals surface area contributed by atoms with E-state index in [9.17, 15) is 9.59 Å². The molecule has 3 N–H and O–H groups in total. The van der Waals surface area contributed by atoms with Gasteiger partial charge in [0.15, 0.2) is 0 Å². The fraction of sp³-hybridized carbons (Fsp3) is 0.515. The molecule has 0 radical (unpaired) electrons. The molecule has 0 saturated carbocycles. The predicted molar refractivity (Wildman–Crippen MR) is 164 cm³/mol. The molecule has 2 aromatic carbocycles. The van der Waals surface area contributed by atoms with Gasteiger partial charge in [0.05, 0.1) is 65.1 Å². The second-order valence-corrected chi connectivity index (χ2v) is 10.4. The maximum absolute atomic E-state index is 13.4. The van der Waals surface area contributed by atoms with Crippen molar-refractivity contribution in [1.82, 2.24) is 5.32 Å². The lowest BCUT2D eigenvalue weighted by molar-refractivity contribution is -0.122. The van der Waals surface area contributed by atoms with Crippen LogP contribution < -0.4 is 16.0 Å². The molecule has 9 nitrogen and oxygen atoms in total. The quantitative estimate of drug-likeness (QED) is 0.229. The number of amides is 2. The van der Waals surface area contributed by atoms with Gasteiger partial charge in [0.2, 0.25) is 11.8 Å². The zero-order valence-corrected chi connectivity index (χ0v) is 24.6. The number of nitrogens with one attached hydrogen (secondary N) is 1. The van der Waals surface area contributed by atoms with Gasteiger partial charge in [-0.25, -0.2) is 0 Å². The molecule has 0 spiro atoms. The number of allylic oxidation sites excluding steroid dienone is 2. The standard InChI is InChI=1S/C33H45N3O6/c34-14-17-40-19-21-42-23-22-41-20-18-39-16-13-32(37)35-15-7-1-2-12-33(38)36-25-26-8-3-4-9-27(26)29-24-30(29)28-10-5-6-11-31(28)36/h3-6,8-11H,1-2,7,12-25,34H2,(H,35,37). The lowest BCUT2D eigenvalue weighted by atomic mass is 10.0. The number of rotatable bonds is 20. The van der Waals surface area contributed by atoms with E-state index in [1.165, 1.54) is 27.8 Å². The van der Waals surface area contributed by atoms with Gasteiger partial charge in [-0.05, 0) is 47.6 Å². The van der Waals surface area contributed by atoms with Crippen LogP contribution >= 0.6 is 0 Å². The summed E-state index contributed by atoms with van der Waals surface area (Å²) < 4.78 is 21.5. The third-order valence-electron chi connectivity index (χ3n) is 7.33. The lowest BCUT2D eigenvalue weighted by Gasteiger charge is -2.27. The molecule has 0 fully saturated rings. The Morgan fingerprint density at radius 2 is 1.33 bits per heavy atom. The number of ether oxygens (including phenoxy) is 4. The number of nitrogens with zero attached hydrogens (tertiary/aromatic N) is 1. The van der Waals surface area contributed by atoms with Crippen molar-refractivity contribution >= 4 is 28.6 Å². The van der Waals surface area contributed by atoms with E-state index in [1.807, 2.05) is 11.0 Å². The van der Waals surface area contributed by atoms with Gasteiger partial charge >= 0.3 is 0 Å². The first-order valence-electron chi connectivity index (χ1n) is 15.2. The summed E-state index contributed by atoms with van der Waals surface area (Å²) in [6, 6.07) is 16.7. The Bertz CT molecular complexity index is 1180. The van der Waals surface area contributed by atoms with Gasteiger partial charge in [-0.15, -0.1) is 0 Å². The van der Waals surface area contributed by atoms with Crippen LogP contribution in [-0.4, -0.2) is 77.8 Å². The molecule has 0 bridgehead atoms. The Balaban J connectivity index is 1.04. The minimum atomic E-state index is -0.0260. The Morgan fingerprint density at radius 1 is 0.714 bits per heavy atom. The third kappa shape index (κ3) is 10.0. The molecule has 228 valence electrons. The van der Waals surface area contributed by atoms with E-state index in [2.05, 4.69) is 47.8 Å². The second-order valence-electron chi connectivity index (χ2n) is 10.4. The minimum absolute atomic E-state index is 0.0260. The normalized spacial score (nSPS) is 13.6. The van der Waals surface area contributed by atoms with Crippen LogP contribution in [0.25, 0.3) is 11.1 Å². The topological polar surface area (TPSA) is 112 Å². The average molecular weight is 580 g/mol. The number of nitrogens with two attached hydrogens (primary N) is 1. The van der Waals surface area contributed by atoms with Crippen LogP contribution in [0.2, 0.25) is 0 Å². The van der Waals surface area contributed by atoms with Crippen molar-refractivity contribution in [3.8, 4) is 0 Å². The van der Waals surface area contributed by atoms with E-state index >= 15 is 0 Å². The first-order chi connectivity index (χ1) is 20.7. The lowest BCUT2D eigenvalue weighted by Crippen LogP contribution is -2.31. The fourth-order valence-electron chi connectivity index (χ4n) is 5.08. The van der Waals surface area contributed by atoms with Crippen LogP contribution in [0.4, 0.5) is 5.69 Å². The second kappa shape index (κ2) is 17.8. The Labute approximate surface area is 249 Å². The SMILES string of the molecule is NCCOCCOCCOCCOCCC(=O)NCCCCCC(=O)N1Cc2ccccc2C2=C(C2)c2ccccc21. The number of unbranched alkanes of at least 4 members (excludes halogenated alkanes) is 2. The summed E-state index contributed by atoms with van der Waals surface area (Å²) in [6.07, 6.45) is 4.31. The van der Waals surface area contributed by atoms with Gasteiger partial charge in [0.25, 0.3) is 0 Å². The molecule has 2 aliphatic rings. The molecule has 0 aromatic heterocycles. The molecule has 0 atom stereocenters. The van der Waals surface area contributed by atoms with Crippen molar-refractivity contribution in [2.75, 3.05) is 70.8 Å². The predicted octanol–water partition coefficient (Wildman–Crippen LogP) is 3.94. The number of benzene rings is 2. The van der Waals surface area contributed by atoms with Crippen LogP contribution in [0.5, 0.6) is 0 Å². The molecule has 1 aliphatic carbocycles. The van der Waals surface area contributed by atoms with E-state index < -0.39 is 0 Å². The van der Waals surface area contributed by atoms with Gasteiger partial charge in [0.1, 0.15) is 0 Å². The molecular weight excluding hydrogens is 534 g/mol. The van der Waals surface area contributed by atoms with Gasteiger partial charge in [-0.3, -0.25) is 9.59 Å². The van der Waals surface area contributed by atoms with Gasteiger partial charge in [-0.1, -0.05) is 48.9 Å². The number of carbonyl (C=O) groups excluding carboxylic acids is 2. The molecule has 0 saturated heterocycles. The maximum Gasteiger partial charge on any atom is 0.227 e. The Kier molecular flexibility index (Phi) is 13.5. The van der Waals surface area contributed by atoms with Crippen molar-refractivity contribution in [3.05, 3.63) is 65.2 Å². The molecule has 1 heterocycles. The number of carbonyl (C=O) groups is 2.